The van der Waals surface area contributed by atoms with E-state index in [0.29, 0.717) is 5.92 Å². The topological polar surface area (TPSA) is 18.5 Å². The van der Waals surface area contributed by atoms with Gasteiger partial charge in [-0.3, -0.25) is 0 Å². The molecule has 14 heavy (non-hydrogen) atoms. The molecule has 0 fully saturated rings. The van der Waals surface area contributed by atoms with Crippen molar-refractivity contribution >= 4 is 0 Å². The van der Waals surface area contributed by atoms with E-state index in [1.807, 2.05) is 0 Å². The highest BCUT2D eigenvalue weighted by molar-refractivity contribution is 5.06. The minimum Gasteiger partial charge on any atom is -0.381 e. The summed E-state index contributed by atoms with van der Waals surface area (Å²) in [5.74, 6) is 1.21. The molecule has 0 bridgehead atoms. The Morgan fingerprint density at radius 2 is 2.36 bits per heavy atom. The summed E-state index contributed by atoms with van der Waals surface area (Å²) in [4.78, 5) is 0. The summed E-state index contributed by atoms with van der Waals surface area (Å²) in [6.45, 7) is 9.89. The summed E-state index contributed by atoms with van der Waals surface area (Å²) in [6.07, 6.45) is 3.30. The van der Waals surface area contributed by atoms with Crippen molar-refractivity contribution < 1.29 is 9.47 Å². The fraction of sp³-hybridized carbons (Fsp3) is 0.833. The van der Waals surface area contributed by atoms with Crippen molar-refractivity contribution in [1.29, 1.82) is 0 Å². The monoisotopic (exact) mass is 198 g/mol. The lowest BCUT2D eigenvalue weighted by Crippen LogP contribution is -2.22. The van der Waals surface area contributed by atoms with Crippen molar-refractivity contribution in [1.82, 2.24) is 0 Å². The van der Waals surface area contributed by atoms with Crippen LogP contribution in [0.4, 0.5) is 0 Å². The van der Waals surface area contributed by atoms with Gasteiger partial charge in [-0.05, 0) is 19.3 Å². The van der Waals surface area contributed by atoms with Crippen LogP contribution in [-0.4, -0.2) is 26.4 Å². The normalized spacial score (nSPS) is 22.6. The lowest BCUT2D eigenvalue weighted by Gasteiger charge is -2.22. The van der Waals surface area contributed by atoms with E-state index in [-0.39, 0.29) is 0 Å². The van der Waals surface area contributed by atoms with Gasteiger partial charge in [0.25, 0.3) is 0 Å². The first-order chi connectivity index (χ1) is 6.70. The second kappa shape index (κ2) is 6.20. The minimum atomic E-state index is 0.482. The molecular formula is C12H22O2. The van der Waals surface area contributed by atoms with Gasteiger partial charge in [-0.15, -0.1) is 0 Å². The Morgan fingerprint density at radius 3 is 3.00 bits per heavy atom. The maximum atomic E-state index is 5.63. The first kappa shape index (κ1) is 11.7. The van der Waals surface area contributed by atoms with Gasteiger partial charge in [0, 0.05) is 12.5 Å². The fourth-order valence-corrected chi connectivity index (χ4v) is 1.42. The molecule has 0 aliphatic carbocycles. The van der Waals surface area contributed by atoms with Crippen molar-refractivity contribution in [2.45, 2.75) is 27.2 Å². The second-order valence-corrected chi connectivity index (χ2v) is 4.44. The van der Waals surface area contributed by atoms with Gasteiger partial charge in [0.15, 0.2) is 0 Å². The SMILES string of the molecule is CC1=CCOCC1COCCC(C)C. The molecule has 0 aromatic heterocycles. The number of hydrogen-bond donors (Lipinski definition) is 0. The van der Waals surface area contributed by atoms with E-state index in [4.69, 9.17) is 9.47 Å². The van der Waals surface area contributed by atoms with Crippen LogP contribution in [0.5, 0.6) is 0 Å². The first-order valence-corrected chi connectivity index (χ1v) is 5.52. The average Bonchev–Trinajstić information content (AvgIpc) is 2.15. The molecule has 0 aromatic carbocycles. The van der Waals surface area contributed by atoms with Gasteiger partial charge in [-0.1, -0.05) is 25.5 Å². The molecule has 2 heteroatoms. The van der Waals surface area contributed by atoms with Gasteiger partial charge in [0.1, 0.15) is 0 Å². The summed E-state index contributed by atoms with van der Waals surface area (Å²) < 4.78 is 11.0. The third kappa shape index (κ3) is 4.25. The van der Waals surface area contributed by atoms with Crippen LogP contribution in [0.25, 0.3) is 0 Å². The molecular weight excluding hydrogens is 176 g/mol. The molecule has 0 saturated carbocycles. The van der Waals surface area contributed by atoms with Crippen LogP contribution in [-0.2, 0) is 9.47 Å². The largest absolute Gasteiger partial charge is 0.381 e. The summed E-state index contributed by atoms with van der Waals surface area (Å²) in [5.41, 5.74) is 1.42. The van der Waals surface area contributed by atoms with Crippen LogP contribution in [0.3, 0.4) is 0 Å². The van der Waals surface area contributed by atoms with Gasteiger partial charge < -0.3 is 9.47 Å². The van der Waals surface area contributed by atoms with E-state index < -0.39 is 0 Å². The van der Waals surface area contributed by atoms with Gasteiger partial charge in [0.05, 0.1) is 19.8 Å². The summed E-state index contributed by atoms with van der Waals surface area (Å²) in [6, 6.07) is 0. The third-order valence-electron chi connectivity index (χ3n) is 2.64. The van der Waals surface area contributed by atoms with Gasteiger partial charge >= 0.3 is 0 Å². The van der Waals surface area contributed by atoms with Crippen LogP contribution in [0.15, 0.2) is 11.6 Å². The van der Waals surface area contributed by atoms with Gasteiger partial charge in [-0.2, -0.15) is 0 Å². The molecule has 0 amide bonds. The molecule has 1 rings (SSSR count). The Kier molecular flexibility index (Phi) is 5.20. The summed E-state index contributed by atoms with van der Waals surface area (Å²) >= 11 is 0. The Labute approximate surface area is 87.3 Å². The van der Waals surface area contributed by atoms with Gasteiger partial charge in [-0.25, -0.2) is 0 Å². The zero-order chi connectivity index (χ0) is 10.4. The maximum Gasteiger partial charge on any atom is 0.0650 e. The van der Waals surface area contributed by atoms with E-state index in [9.17, 15) is 0 Å². The first-order valence-electron chi connectivity index (χ1n) is 5.52. The lowest BCUT2D eigenvalue weighted by atomic mass is 10.0. The molecule has 0 spiro atoms. The predicted octanol–water partition coefficient (Wildman–Crippen LogP) is 2.64. The molecule has 1 heterocycles. The van der Waals surface area contributed by atoms with Crippen LogP contribution < -0.4 is 0 Å². The van der Waals surface area contributed by atoms with Crippen molar-refractivity contribution in [3.8, 4) is 0 Å². The van der Waals surface area contributed by atoms with Crippen LogP contribution in [0, 0.1) is 11.8 Å². The molecule has 0 radical (unpaired) electrons. The third-order valence-corrected chi connectivity index (χ3v) is 2.64. The van der Waals surface area contributed by atoms with Crippen molar-refractivity contribution in [2.75, 3.05) is 26.4 Å². The van der Waals surface area contributed by atoms with Crippen molar-refractivity contribution in [3.05, 3.63) is 11.6 Å². The minimum absolute atomic E-state index is 0.482. The Hall–Kier alpha value is -0.340. The Balaban J connectivity index is 2.11. The van der Waals surface area contributed by atoms with Crippen LogP contribution in [0.1, 0.15) is 27.2 Å². The maximum absolute atomic E-state index is 5.63. The standard InChI is InChI=1S/C12H22O2/c1-10(2)4-6-13-8-12-9-14-7-5-11(12)3/h5,10,12H,4,6-9H2,1-3H3. The Bertz CT molecular complexity index is 185. The number of ether oxygens (including phenoxy) is 2. The smallest absolute Gasteiger partial charge is 0.0650 e. The zero-order valence-corrected chi connectivity index (χ0v) is 9.58. The van der Waals surface area contributed by atoms with E-state index in [1.54, 1.807) is 0 Å². The molecule has 0 N–H and O–H groups in total. The zero-order valence-electron chi connectivity index (χ0n) is 9.58. The molecule has 1 atom stereocenters. The van der Waals surface area contributed by atoms with Crippen LogP contribution in [0.2, 0.25) is 0 Å². The quantitative estimate of drug-likeness (QED) is 0.499. The highest BCUT2D eigenvalue weighted by atomic mass is 16.5. The highest BCUT2D eigenvalue weighted by Gasteiger charge is 2.14. The lowest BCUT2D eigenvalue weighted by molar-refractivity contribution is 0.0484. The second-order valence-electron chi connectivity index (χ2n) is 4.44. The number of rotatable bonds is 5. The highest BCUT2D eigenvalue weighted by Crippen LogP contribution is 2.16. The average molecular weight is 198 g/mol. The fourth-order valence-electron chi connectivity index (χ4n) is 1.42. The molecule has 1 aliphatic rings. The molecule has 1 aliphatic heterocycles. The summed E-state index contributed by atoms with van der Waals surface area (Å²) in [5, 5.41) is 0. The number of hydrogen-bond acceptors (Lipinski definition) is 2. The molecule has 2 nitrogen and oxygen atoms in total. The van der Waals surface area contributed by atoms with E-state index >= 15 is 0 Å². The van der Waals surface area contributed by atoms with E-state index in [0.717, 1.165) is 38.8 Å². The predicted molar refractivity (Wildman–Crippen MR) is 58.3 cm³/mol. The van der Waals surface area contributed by atoms with E-state index in [2.05, 4.69) is 26.8 Å². The summed E-state index contributed by atoms with van der Waals surface area (Å²) in [7, 11) is 0. The molecule has 82 valence electrons. The molecule has 0 aromatic rings. The van der Waals surface area contributed by atoms with E-state index in [1.165, 1.54) is 5.57 Å². The van der Waals surface area contributed by atoms with Crippen molar-refractivity contribution in [2.24, 2.45) is 11.8 Å². The van der Waals surface area contributed by atoms with Crippen molar-refractivity contribution in [3.63, 3.8) is 0 Å². The molecule has 1 unspecified atom stereocenters. The van der Waals surface area contributed by atoms with Crippen LogP contribution >= 0.6 is 0 Å². The Morgan fingerprint density at radius 1 is 1.57 bits per heavy atom. The molecule has 0 saturated heterocycles. The van der Waals surface area contributed by atoms with Gasteiger partial charge in [0.2, 0.25) is 0 Å².